The van der Waals surface area contributed by atoms with Gasteiger partial charge in [0.05, 0.1) is 7.11 Å². The second-order valence-electron chi connectivity index (χ2n) is 6.96. The summed E-state index contributed by atoms with van der Waals surface area (Å²) in [6.45, 7) is 4.80. The summed E-state index contributed by atoms with van der Waals surface area (Å²) in [7, 11) is 1.64. The minimum atomic E-state index is -0.0152. The van der Waals surface area contributed by atoms with E-state index in [2.05, 4.69) is 16.3 Å². The first-order chi connectivity index (χ1) is 13.7. The molecule has 2 aromatic rings. The highest BCUT2D eigenvalue weighted by Crippen LogP contribution is 2.32. The van der Waals surface area contributed by atoms with Gasteiger partial charge in [0.1, 0.15) is 5.75 Å². The Morgan fingerprint density at radius 1 is 1.00 bits per heavy atom. The van der Waals surface area contributed by atoms with Crippen LogP contribution in [0, 0.1) is 0 Å². The number of benzene rings is 2. The number of nitrogens with zero attached hydrogens (tertiary/aromatic N) is 2. The molecular formula is C21H25N3O4. The van der Waals surface area contributed by atoms with E-state index in [1.165, 1.54) is 5.56 Å². The molecule has 1 fully saturated rings. The fourth-order valence-corrected chi connectivity index (χ4v) is 3.44. The summed E-state index contributed by atoms with van der Waals surface area (Å²) in [6.07, 6.45) is 0. The van der Waals surface area contributed by atoms with Crippen LogP contribution in [-0.4, -0.2) is 55.9 Å². The summed E-state index contributed by atoms with van der Waals surface area (Å²) in [4.78, 5) is 16.7. The van der Waals surface area contributed by atoms with Crippen LogP contribution in [0.4, 0.5) is 4.79 Å². The van der Waals surface area contributed by atoms with Crippen LogP contribution in [0.25, 0.3) is 0 Å². The van der Waals surface area contributed by atoms with Crippen LogP contribution in [-0.2, 0) is 13.1 Å². The van der Waals surface area contributed by atoms with Gasteiger partial charge in [-0.3, -0.25) is 4.90 Å². The number of hydrogen-bond acceptors (Lipinski definition) is 5. The molecule has 1 saturated heterocycles. The second-order valence-corrected chi connectivity index (χ2v) is 6.96. The van der Waals surface area contributed by atoms with Gasteiger partial charge in [-0.2, -0.15) is 0 Å². The lowest BCUT2D eigenvalue weighted by Crippen LogP contribution is -2.51. The van der Waals surface area contributed by atoms with Gasteiger partial charge in [0.15, 0.2) is 11.5 Å². The van der Waals surface area contributed by atoms with Gasteiger partial charge < -0.3 is 24.4 Å². The smallest absolute Gasteiger partial charge is 0.317 e. The third kappa shape index (κ3) is 4.31. The molecule has 7 heteroatoms. The molecule has 0 saturated carbocycles. The normalized spacial score (nSPS) is 16.1. The molecule has 0 unspecified atom stereocenters. The lowest BCUT2D eigenvalue weighted by atomic mass is 10.1. The number of carbonyl (C=O) groups excluding carboxylic acids is 1. The van der Waals surface area contributed by atoms with E-state index in [1.54, 1.807) is 7.11 Å². The Balaban J connectivity index is 1.22. The Morgan fingerprint density at radius 2 is 1.71 bits per heavy atom. The molecule has 0 aromatic heterocycles. The summed E-state index contributed by atoms with van der Waals surface area (Å²) in [6, 6.07) is 13.8. The van der Waals surface area contributed by atoms with E-state index in [-0.39, 0.29) is 6.03 Å². The summed E-state index contributed by atoms with van der Waals surface area (Å²) in [5.41, 5.74) is 2.25. The van der Waals surface area contributed by atoms with E-state index in [0.29, 0.717) is 13.3 Å². The fraction of sp³-hybridized carbons (Fsp3) is 0.381. The number of carbonyl (C=O) groups is 1. The van der Waals surface area contributed by atoms with Crippen molar-refractivity contribution < 1.29 is 19.0 Å². The zero-order chi connectivity index (χ0) is 19.3. The molecule has 4 rings (SSSR count). The molecule has 2 aromatic carbocycles. The third-order valence-electron chi connectivity index (χ3n) is 5.11. The first-order valence-corrected chi connectivity index (χ1v) is 9.48. The largest absolute Gasteiger partial charge is 0.497 e. The van der Waals surface area contributed by atoms with Crippen LogP contribution >= 0.6 is 0 Å². The highest BCUT2D eigenvalue weighted by molar-refractivity contribution is 5.74. The Kier molecular flexibility index (Phi) is 5.53. The molecule has 0 atom stereocenters. The van der Waals surface area contributed by atoms with Crippen LogP contribution in [0.2, 0.25) is 0 Å². The van der Waals surface area contributed by atoms with Crippen molar-refractivity contribution in [2.75, 3.05) is 40.1 Å². The Morgan fingerprint density at radius 3 is 2.46 bits per heavy atom. The van der Waals surface area contributed by atoms with E-state index in [9.17, 15) is 4.79 Å². The molecule has 28 heavy (non-hydrogen) atoms. The maximum atomic E-state index is 12.4. The quantitative estimate of drug-likeness (QED) is 0.859. The average molecular weight is 383 g/mol. The van der Waals surface area contributed by atoms with Gasteiger partial charge in [0, 0.05) is 39.3 Å². The highest BCUT2D eigenvalue weighted by Gasteiger charge is 2.21. The minimum absolute atomic E-state index is 0.0152. The molecule has 0 bridgehead atoms. The molecule has 2 heterocycles. The van der Waals surface area contributed by atoms with Crippen LogP contribution in [0.3, 0.4) is 0 Å². The molecular weight excluding hydrogens is 358 g/mol. The summed E-state index contributed by atoms with van der Waals surface area (Å²) in [5, 5.41) is 3.00. The third-order valence-corrected chi connectivity index (χ3v) is 5.11. The average Bonchev–Trinajstić information content (AvgIpc) is 3.21. The lowest BCUT2D eigenvalue weighted by Gasteiger charge is -2.34. The summed E-state index contributed by atoms with van der Waals surface area (Å²) in [5.74, 6) is 2.44. The number of fused-ring (bicyclic) bond motifs is 1. The van der Waals surface area contributed by atoms with Crippen molar-refractivity contribution >= 4 is 6.03 Å². The van der Waals surface area contributed by atoms with Gasteiger partial charge in [-0.15, -0.1) is 0 Å². The highest BCUT2D eigenvalue weighted by atomic mass is 16.7. The predicted molar refractivity (Wildman–Crippen MR) is 105 cm³/mol. The van der Waals surface area contributed by atoms with Gasteiger partial charge >= 0.3 is 6.03 Å². The van der Waals surface area contributed by atoms with Gasteiger partial charge in [-0.1, -0.05) is 18.2 Å². The number of urea groups is 1. The van der Waals surface area contributed by atoms with E-state index in [4.69, 9.17) is 14.2 Å². The van der Waals surface area contributed by atoms with E-state index in [0.717, 1.165) is 55.5 Å². The SMILES string of the molecule is COc1ccc(CNC(=O)N2CCN(Cc3ccc4c(c3)OCO4)CC2)cc1. The first-order valence-electron chi connectivity index (χ1n) is 9.48. The second kappa shape index (κ2) is 8.39. The van der Waals surface area contributed by atoms with Crippen molar-refractivity contribution in [3.8, 4) is 17.2 Å². The van der Waals surface area contributed by atoms with Crippen LogP contribution in [0.15, 0.2) is 42.5 Å². The van der Waals surface area contributed by atoms with Crippen LogP contribution in [0.1, 0.15) is 11.1 Å². The molecule has 2 aliphatic heterocycles. The van der Waals surface area contributed by atoms with Crippen LogP contribution < -0.4 is 19.5 Å². The summed E-state index contributed by atoms with van der Waals surface area (Å²) < 4.78 is 16.0. The Labute approximate surface area is 164 Å². The van der Waals surface area contributed by atoms with Gasteiger partial charge in [-0.05, 0) is 35.4 Å². The monoisotopic (exact) mass is 383 g/mol. The maximum Gasteiger partial charge on any atom is 0.317 e. The first kappa shape index (κ1) is 18.4. The Hall–Kier alpha value is -2.93. The van der Waals surface area contributed by atoms with Crippen molar-refractivity contribution in [2.24, 2.45) is 0 Å². The van der Waals surface area contributed by atoms with E-state index >= 15 is 0 Å². The molecule has 0 aliphatic carbocycles. The van der Waals surface area contributed by atoms with Crippen molar-refractivity contribution in [3.05, 3.63) is 53.6 Å². The van der Waals surface area contributed by atoms with Crippen molar-refractivity contribution in [1.29, 1.82) is 0 Å². The standard InChI is InChI=1S/C21H25N3O4/c1-26-18-5-2-16(3-6-18)13-22-21(25)24-10-8-23(9-11-24)14-17-4-7-19-20(12-17)28-15-27-19/h2-7,12H,8-11,13-15H2,1H3,(H,22,25). The molecule has 148 valence electrons. The maximum absolute atomic E-state index is 12.4. The zero-order valence-electron chi connectivity index (χ0n) is 16.0. The number of ether oxygens (including phenoxy) is 3. The van der Waals surface area contributed by atoms with Gasteiger partial charge in [0.2, 0.25) is 6.79 Å². The topological polar surface area (TPSA) is 63.3 Å². The molecule has 7 nitrogen and oxygen atoms in total. The molecule has 2 amide bonds. The van der Waals surface area contributed by atoms with Gasteiger partial charge in [-0.25, -0.2) is 4.79 Å². The minimum Gasteiger partial charge on any atom is -0.497 e. The van der Waals surface area contributed by atoms with Crippen molar-refractivity contribution in [1.82, 2.24) is 15.1 Å². The number of nitrogens with one attached hydrogen (secondary N) is 1. The Bertz CT molecular complexity index is 817. The van der Waals surface area contributed by atoms with Crippen molar-refractivity contribution in [3.63, 3.8) is 0 Å². The molecule has 0 spiro atoms. The number of amides is 2. The predicted octanol–water partition coefficient (Wildman–Crippen LogP) is 2.45. The van der Waals surface area contributed by atoms with E-state index in [1.807, 2.05) is 41.3 Å². The molecule has 2 aliphatic rings. The fourth-order valence-electron chi connectivity index (χ4n) is 3.44. The van der Waals surface area contributed by atoms with Crippen LogP contribution in [0.5, 0.6) is 17.2 Å². The molecule has 1 N–H and O–H groups in total. The number of piperazine rings is 1. The zero-order valence-corrected chi connectivity index (χ0v) is 16.0. The van der Waals surface area contributed by atoms with Gasteiger partial charge in [0.25, 0.3) is 0 Å². The number of rotatable bonds is 5. The lowest BCUT2D eigenvalue weighted by molar-refractivity contribution is 0.135. The van der Waals surface area contributed by atoms with E-state index < -0.39 is 0 Å². The number of methoxy groups -OCH3 is 1. The summed E-state index contributed by atoms with van der Waals surface area (Å²) >= 11 is 0. The van der Waals surface area contributed by atoms with Crippen molar-refractivity contribution in [2.45, 2.75) is 13.1 Å². The molecule has 0 radical (unpaired) electrons. The number of hydrogen-bond donors (Lipinski definition) is 1.